The van der Waals surface area contributed by atoms with Crippen molar-refractivity contribution >= 4 is 5.97 Å². The summed E-state index contributed by atoms with van der Waals surface area (Å²) in [6, 6.07) is 14.6. The van der Waals surface area contributed by atoms with Gasteiger partial charge >= 0.3 is 5.97 Å². The summed E-state index contributed by atoms with van der Waals surface area (Å²) in [5.74, 6) is 0.468. The average molecular weight is 258 g/mol. The van der Waals surface area contributed by atoms with Crippen LogP contribution in [0.4, 0.5) is 0 Å². The Morgan fingerprint density at radius 3 is 2.26 bits per heavy atom. The number of hydrogen-bond acceptors (Lipinski definition) is 3. The molecular formula is C15H14O4. The van der Waals surface area contributed by atoms with Crippen molar-refractivity contribution < 1.29 is 19.4 Å². The van der Waals surface area contributed by atoms with Crippen molar-refractivity contribution in [2.24, 2.45) is 0 Å². The normalized spacial score (nSPS) is 11.0. The molecule has 0 radical (unpaired) electrons. The van der Waals surface area contributed by atoms with Crippen molar-refractivity contribution in [3.63, 3.8) is 0 Å². The summed E-state index contributed by atoms with van der Waals surface area (Å²) in [4.78, 5) is 10.5. The molecule has 0 bridgehead atoms. The van der Waals surface area contributed by atoms with Crippen LogP contribution < -0.4 is 9.47 Å². The number of benzene rings is 2. The van der Waals surface area contributed by atoms with E-state index in [1.165, 1.54) is 18.7 Å². The number of hydrogen-bond donors (Lipinski definition) is 1. The predicted octanol–water partition coefficient (Wildman–Crippen LogP) is 2.97. The molecule has 0 amide bonds. The lowest BCUT2D eigenvalue weighted by Gasteiger charge is -2.18. The van der Waals surface area contributed by atoms with Gasteiger partial charge in [-0.1, -0.05) is 30.3 Å². The fourth-order valence-corrected chi connectivity index (χ4v) is 1.66. The molecule has 0 unspecified atom stereocenters. The molecule has 0 aliphatic carbocycles. The molecule has 0 saturated carbocycles. The highest BCUT2D eigenvalue weighted by atomic mass is 16.5. The van der Waals surface area contributed by atoms with Crippen molar-refractivity contribution in [3.05, 3.63) is 59.7 Å². The van der Waals surface area contributed by atoms with Gasteiger partial charge in [0.15, 0.2) is 0 Å². The second-order valence-electron chi connectivity index (χ2n) is 3.90. The Balaban J connectivity index is 0.000000146. The summed E-state index contributed by atoms with van der Waals surface area (Å²) in [5.41, 5.74) is 1.52. The van der Waals surface area contributed by atoms with E-state index in [2.05, 4.69) is 6.07 Å². The summed E-state index contributed by atoms with van der Waals surface area (Å²) in [6.07, 6.45) is 0. The molecule has 0 saturated heterocycles. The summed E-state index contributed by atoms with van der Waals surface area (Å²) >= 11 is 0. The number of ether oxygens (including phenoxy) is 2. The van der Waals surface area contributed by atoms with Crippen LogP contribution in [0.3, 0.4) is 0 Å². The molecule has 0 fully saturated rings. The number of fused-ring (bicyclic) bond motifs is 1. The number of rotatable bonds is 2. The smallest absolute Gasteiger partial charge is 0.339 e. The van der Waals surface area contributed by atoms with E-state index in [1.54, 1.807) is 18.2 Å². The fraction of sp³-hybridized carbons (Fsp3) is 0.133. The van der Waals surface area contributed by atoms with E-state index in [0.29, 0.717) is 5.75 Å². The number of para-hydroxylation sites is 2. The Bertz CT molecular complexity index is 555. The lowest BCUT2D eigenvalue weighted by molar-refractivity contribution is 0.0693. The van der Waals surface area contributed by atoms with E-state index in [-0.39, 0.29) is 5.56 Å². The van der Waals surface area contributed by atoms with Gasteiger partial charge in [0.1, 0.15) is 23.7 Å². The SMILES string of the molecule is COc1ccccc1C(=O)O.c1ccc2c(c1)CO2. The Morgan fingerprint density at radius 1 is 1.16 bits per heavy atom. The lowest BCUT2D eigenvalue weighted by Crippen LogP contribution is -2.07. The zero-order chi connectivity index (χ0) is 13.7. The quantitative estimate of drug-likeness (QED) is 0.899. The maximum Gasteiger partial charge on any atom is 0.339 e. The van der Waals surface area contributed by atoms with Crippen molar-refractivity contribution in [2.45, 2.75) is 6.61 Å². The van der Waals surface area contributed by atoms with Crippen molar-refractivity contribution in [1.82, 2.24) is 0 Å². The van der Waals surface area contributed by atoms with Gasteiger partial charge in [-0.3, -0.25) is 0 Å². The van der Waals surface area contributed by atoms with Gasteiger partial charge in [0, 0.05) is 5.56 Å². The third kappa shape index (κ3) is 3.04. The topological polar surface area (TPSA) is 55.8 Å². The van der Waals surface area contributed by atoms with Gasteiger partial charge in [-0.15, -0.1) is 0 Å². The molecule has 98 valence electrons. The molecule has 1 heterocycles. The monoisotopic (exact) mass is 258 g/mol. The number of carboxylic acid groups (broad SMARTS) is 1. The van der Waals surface area contributed by atoms with Crippen LogP contribution in [0.15, 0.2) is 48.5 Å². The van der Waals surface area contributed by atoms with Gasteiger partial charge in [0.2, 0.25) is 0 Å². The van der Waals surface area contributed by atoms with E-state index in [9.17, 15) is 4.79 Å². The fourth-order valence-electron chi connectivity index (χ4n) is 1.66. The van der Waals surface area contributed by atoms with E-state index in [4.69, 9.17) is 14.6 Å². The van der Waals surface area contributed by atoms with Crippen LogP contribution in [-0.2, 0) is 6.61 Å². The second kappa shape index (κ2) is 5.91. The van der Waals surface area contributed by atoms with Gasteiger partial charge < -0.3 is 14.6 Å². The minimum absolute atomic E-state index is 0.190. The molecule has 1 aliphatic heterocycles. The summed E-state index contributed by atoms with van der Waals surface area (Å²) in [7, 11) is 1.45. The first-order valence-corrected chi connectivity index (χ1v) is 5.79. The molecular weight excluding hydrogens is 244 g/mol. The number of aromatic carboxylic acids is 1. The Labute approximate surface area is 111 Å². The standard InChI is InChI=1S/C8H8O3.C7H6O/c1-11-7-5-3-2-4-6(7)8(9)10;1-2-4-7-6(3-1)5-8-7/h2-5H,1H3,(H,9,10);1-4H,5H2. The first-order chi connectivity index (χ1) is 9.22. The molecule has 2 aromatic rings. The predicted molar refractivity (Wildman–Crippen MR) is 70.7 cm³/mol. The highest BCUT2D eigenvalue weighted by molar-refractivity contribution is 5.90. The maximum atomic E-state index is 10.5. The second-order valence-corrected chi connectivity index (χ2v) is 3.90. The van der Waals surface area contributed by atoms with Crippen LogP contribution in [0.5, 0.6) is 11.5 Å². The van der Waals surface area contributed by atoms with Crippen LogP contribution in [-0.4, -0.2) is 18.2 Å². The average Bonchev–Trinajstić information content (AvgIpc) is 2.41. The van der Waals surface area contributed by atoms with Crippen LogP contribution in [0.1, 0.15) is 15.9 Å². The molecule has 3 rings (SSSR count). The van der Waals surface area contributed by atoms with Gasteiger partial charge in [-0.25, -0.2) is 4.79 Å². The molecule has 0 aromatic heterocycles. The van der Waals surface area contributed by atoms with E-state index >= 15 is 0 Å². The van der Waals surface area contributed by atoms with Crippen molar-refractivity contribution in [2.75, 3.05) is 7.11 Å². The Hall–Kier alpha value is -2.49. The largest absolute Gasteiger partial charge is 0.496 e. The highest BCUT2D eigenvalue weighted by Gasteiger charge is 2.10. The van der Waals surface area contributed by atoms with Crippen LogP contribution in [0.25, 0.3) is 0 Å². The van der Waals surface area contributed by atoms with Crippen LogP contribution >= 0.6 is 0 Å². The van der Waals surface area contributed by atoms with Crippen molar-refractivity contribution in [3.8, 4) is 11.5 Å². The number of carboxylic acids is 1. The van der Waals surface area contributed by atoms with Gasteiger partial charge in [-0.05, 0) is 18.2 Å². The summed E-state index contributed by atoms with van der Waals surface area (Å²) in [5, 5.41) is 8.62. The van der Waals surface area contributed by atoms with Gasteiger partial charge in [0.05, 0.1) is 7.11 Å². The van der Waals surface area contributed by atoms with Crippen molar-refractivity contribution in [1.29, 1.82) is 0 Å². The molecule has 0 spiro atoms. The zero-order valence-electron chi connectivity index (χ0n) is 10.5. The number of methoxy groups -OCH3 is 1. The third-order valence-electron chi connectivity index (χ3n) is 2.69. The lowest BCUT2D eigenvalue weighted by atomic mass is 10.1. The summed E-state index contributed by atoms with van der Waals surface area (Å²) < 4.78 is 9.90. The third-order valence-corrected chi connectivity index (χ3v) is 2.69. The Kier molecular flexibility index (Phi) is 4.03. The van der Waals surface area contributed by atoms with E-state index < -0.39 is 5.97 Å². The van der Waals surface area contributed by atoms with Crippen LogP contribution in [0.2, 0.25) is 0 Å². The maximum absolute atomic E-state index is 10.5. The summed E-state index contributed by atoms with van der Waals surface area (Å²) in [6.45, 7) is 0.802. The molecule has 2 aromatic carbocycles. The van der Waals surface area contributed by atoms with Gasteiger partial charge in [0.25, 0.3) is 0 Å². The van der Waals surface area contributed by atoms with Crippen LogP contribution in [0, 0.1) is 0 Å². The highest BCUT2D eigenvalue weighted by Crippen LogP contribution is 2.27. The molecule has 0 atom stereocenters. The van der Waals surface area contributed by atoms with E-state index in [0.717, 1.165) is 12.4 Å². The minimum atomic E-state index is -0.970. The Morgan fingerprint density at radius 2 is 1.84 bits per heavy atom. The zero-order valence-corrected chi connectivity index (χ0v) is 10.5. The molecule has 19 heavy (non-hydrogen) atoms. The first kappa shape index (κ1) is 13.0. The first-order valence-electron chi connectivity index (χ1n) is 5.79. The van der Waals surface area contributed by atoms with Gasteiger partial charge in [-0.2, -0.15) is 0 Å². The number of carbonyl (C=O) groups is 1. The molecule has 1 N–H and O–H groups in total. The van der Waals surface area contributed by atoms with E-state index in [1.807, 2.05) is 18.2 Å². The minimum Gasteiger partial charge on any atom is -0.496 e. The molecule has 1 aliphatic rings. The molecule has 4 heteroatoms. The molecule has 4 nitrogen and oxygen atoms in total.